The summed E-state index contributed by atoms with van der Waals surface area (Å²) >= 11 is 0. The highest BCUT2D eigenvalue weighted by Gasteiger charge is 2.44. The van der Waals surface area contributed by atoms with Crippen molar-refractivity contribution in [3.8, 4) is 0 Å². The lowest BCUT2D eigenvalue weighted by Gasteiger charge is -2.22. The van der Waals surface area contributed by atoms with Gasteiger partial charge in [0.2, 0.25) is 0 Å². The Bertz CT molecular complexity index is 1050. The molecule has 0 saturated heterocycles. The predicted molar refractivity (Wildman–Crippen MR) is 94.2 cm³/mol. The molecule has 0 saturated carbocycles. The van der Waals surface area contributed by atoms with Gasteiger partial charge in [0.1, 0.15) is 5.69 Å². The summed E-state index contributed by atoms with van der Waals surface area (Å²) in [4.78, 5) is 23.5. The molecule has 4 nitrogen and oxygen atoms in total. The third-order valence-electron chi connectivity index (χ3n) is 5.39. The molecule has 1 aromatic carbocycles. The standard InChI is InChI=1S/C20H17F6NO3/c1-27-15(20(24,25)26)9-14(19(21,22)23)17(18(27)30)13-7-6-11-10(5-8-16(28)29)3-2-4-12(11)13/h2-4,9,13H,5-8H2,1H3,(H,28,29)/t13-/m1/s1. The number of aryl methyl sites for hydroxylation is 1. The first-order valence-corrected chi connectivity index (χ1v) is 9.03. The van der Waals surface area contributed by atoms with Crippen LogP contribution in [0.4, 0.5) is 26.3 Å². The van der Waals surface area contributed by atoms with E-state index in [-0.39, 0.29) is 29.9 Å². The average molecular weight is 433 g/mol. The molecule has 10 heteroatoms. The van der Waals surface area contributed by atoms with Gasteiger partial charge in [0.15, 0.2) is 0 Å². The zero-order valence-corrected chi connectivity index (χ0v) is 15.7. The summed E-state index contributed by atoms with van der Waals surface area (Å²) in [6.45, 7) is 0. The lowest BCUT2D eigenvalue weighted by molar-refractivity contribution is -0.148. The van der Waals surface area contributed by atoms with Crippen LogP contribution in [0.5, 0.6) is 0 Å². The van der Waals surface area contributed by atoms with Gasteiger partial charge in [-0.3, -0.25) is 9.59 Å². The zero-order valence-electron chi connectivity index (χ0n) is 15.7. The van der Waals surface area contributed by atoms with Crippen LogP contribution in [0.1, 0.15) is 52.3 Å². The third kappa shape index (κ3) is 3.95. The minimum absolute atomic E-state index is 0.0109. The molecule has 0 amide bonds. The maximum absolute atomic E-state index is 13.7. The topological polar surface area (TPSA) is 59.3 Å². The summed E-state index contributed by atoms with van der Waals surface area (Å²) < 4.78 is 80.7. The number of alkyl halides is 6. The molecule has 2 aromatic rings. The molecule has 0 bridgehead atoms. The lowest BCUT2D eigenvalue weighted by Crippen LogP contribution is -2.33. The van der Waals surface area contributed by atoms with Crippen molar-refractivity contribution in [3.63, 3.8) is 0 Å². The second kappa shape index (κ2) is 7.48. The summed E-state index contributed by atoms with van der Waals surface area (Å²) in [5, 5.41) is 8.88. The Balaban J connectivity index is 2.20. The molecule has 1 aromatic heterocycles. The van der Waals surface area contributed by atoms with Crippen molar-refractivity contribution < 1.29 is 36.2 Å². The van der Waals surface area contributed by atoms with E-state index in [1.165, 1.54) is 6.07 Å². The van der Waals surface area contributed by atoms with E-state index < -0.39 is 46.6 Å². The zero-order chi connectivity index (χ0) is 22.4. The van der Waals surface area contributed by atoms with Gasteiger partial charge in [-0.05, 0) is 42.0 Å². The number of nitrogens with zero attached hydrogens (tertiary/aromatic N) is 1. The molecule has 0 radical (unpaired) electrons. The van der Waals surface area contributed by atoms with Gasteiger partial charge in [-0.25, -0.2) is 0 Å². The van der Waals surface area contributed by atoms with Crippen LogP contribution in [0.25, 0.3) is 0 Å². The number of benzene rings is 1. The molecule has 0 fully saturated rings. The monoisotopic (exact) mass is 433 g/mol. The largest absolute Gasteiger partial charge is 0.481 e. The van der Waals surface area contributed by atoms with Gasteiger partial charge in [0.25, 0.3) is 5.56 Å². The molecular weight excluding hydrogens is 416 g/mol. The van der Waals surface area contributed by atoms with E-state index >= 15 is 0 Å². The number of hydrogen-bond acceptors (Lipinski definition) is 2. The van der Waals surface area contributed by atoms with Crippen LogP contribution >= 0.6 is 0 Å². The summed E-state index contributed by atoms with van der Waals surface area (Å²) in [7, 11) is 0.800. The number of aromatic nitrogens is 1. The highest BCUT2D eigenvalue weighted by molar-refractivity contribution is 5.67. The number of carboxylic acid groups (broad SMARTS) is 1. The van der Waals surface area contributed by atoms with Crippen LogP contribution in [-0.2, 0) is 37.0 Å². The Morgan fingerprint density at radius 2 is 1.83 bits per heavy atom. The number of fused-ring (bicyclic) bond motifs is 1. The Labute approximate surface area is 166 Å². The minimum atomic E-state index is -5.15. The van der Waals surface area contributed by atoms with Crippen LogP contribution in [-0.4, -0.2) is 15.6 Å². The van der Waals surface area contributed by atoms with Crippen LogP contribution in [0.3, 0.4) is 0 Å². The fourth-order valence-corrected chi connectivity index (χ4v) is 4.07. The van der Waals surface area contributed by atoms with E-state index in [1.807, 2.05) is 0 Å². The first-order chi connectivity index (χ1) is 13.8. The van der Waals surface area contributed by atoms with E-state index in [1.54, 1.807) is 12.1 Å². The van der Waals surface area contributed by atoms with Gasteiger partial charge in [0.05, 0.1) is 5.56 Å². The fourth-order valence-electron chi connectivity index (χ4n) is 4.07. The maximum Gasteiger partial charge on any atom is 0.431 e. The van der Waals surface area contributed by atoms with Crippen LogP contribution in [0.2, 0.25) is 0 Å². The molecular formula is C20H17F6NO3. The number of carbonyl (C=O) groups is 1. The van der Waals surface area contributed by atoms with E-state index in [9.17, 15) is 35.9 Å². The molecule has 1 N–H and O–H groups in total. The summed E-state index contributed by atoms with van der Waals surface area (Å²) in [6, 6.07) is 4.74. The highest BCUT2D eigenvalue weighted by atomic mass is 19.4. The molecule has 0 unspecified atom stereocenters. The summed E-state index contributed by atoms with van der Waals surface area (Å²) in [6.07, 6.45) is -9.85. The second-order valence-corrected chi connectivity index (χ2v) is 7.19. The first-order valence-electron chi connectivity index (χ1n) is 9.03. The van der Waals surface area contributed by atoms with Crippen molar-refractivity contribution in [2.24, 2.45) is 7.05 Å². The molecule has 0 spiro atoms. The van der Waals surface area contributed by atoms with Crippen molar-refractivity contribution in [2.75, 3.05) is 0 Å². The van der Waals surface area contributed by atoms with Gasteiger partial charge in [-0.1, -0.05) is 18.2 Å². The van der Waals surface area contributed by atoms with Crippen LogP contribution in [0, 0.1) is 0 Å². The van der Waals surface area contributed by atoms with Crippen molar-refractivity contribution in [1.82, 2.24) is 4.57 Å². The number of aliphatic carboxylic acids is 1. The number of pyridine rings is 1. The second-order valence-electron chi connectivity index (χ2n) is 7.19. The summed E-state index contributed by atoms with van der Waals surface area (Å²) in [5.74, 6) is -2.06. The number of hydrogen-bond donors (Lipinski definition) is 1. The van der Waals surface area contributed by atoms with Gasteiger partial charge in [-0.15, -0.1) is 0 Å². The number of carboxylic acids is 1. The number of rotatable bonds is 4. The van der Waals surface area contributed by atoms with Crippen LogP contribution in [0.15, 0.2) is 29.1 Å². The molecule has 1 heterocycles. The van der Waals surface area contributed by atoms with E-state index in [0.29, 0.717) is 23.1 Å². The van der Waals surface area contributed by atoms with Crippen molar-refractivity contribution in [2.45, 2.75) is 44.0 Å². The predicted octanol–water partition coefficient (Wildman–Crippen LogP) is 4.52. The van der Waals surface area contributed by atoms with Gasteiger partial charge in [0, 0.05) is 24.9 Å². The molecule has 162 valence electrons. The van der Waals surface area contributed by atoms with E-state index in [0.717, 1.165) is 7.05 Å². The van der Waals surface area contributed by atoms with Gasteiger partial charge >= 0.3 is 18.3 Å². The minimum Gasteiger partial charge on any atom is -0.481 e. The van der Waals surface area contributed by atoms with Crippen molar-refractivity contribution in [1.29, 1.82) is 0 Å². The smallest absolute Gasteiger partial charge is 0.431 e. The molecule has 1 atom stereocenters. The Morgan fingerprint density at radius 1 is 1.17 bits per heavy atom. The molecule has 3 rings (SSSR count). The summed E-state index contributed by atoms with van der Waals surface area (Å²) in [5.41, 5.74) is -3.60. The highest BCUT2D eigenvalue weighted by Crippen LogP contribution is 2.44. The van der Waals surface area contributed by atoms with Crippen LogP contribution < -0.4 is 5.56 Å². The Kier molecular flexibility index (Phi) is 5.46. The molecule has 1 aliphatic rings. The third-order valence-corrected chi connectivity index (χ3v) is 5.39. The van der Waals surface area contributed by atoms with Gasteiger partial charge in [-0.2, -0.15) is 26.3 Å². The Morgan fingerprint density at radius 3 is 2.40 bits per heavy atom. The fraction of sp³-hybridized carbons (Fsp3) is 0.400. The average Bonchev–Trinajstić information content (AvgIpc) is 3.04. The van der Waals surface area contributed by atoms with Gasteiger partial charge < -0.3 is 9.67 Å². The van der Waals surface area contributed by atoms with E-state index in [4.69, 9.17) is 5.11 Å². The SMILES string of the molecule is Cn1c(C(F)(F)F)cc(C(F)(F)F)c([C@@H]2CCc3c(CCC(=O)O)cccc32)c1=O. The maximum atomic E-state index is 13.7. The normalized spacial score (nSPS) is 16.6. The van der Waals surface area contributed by atoms with Crippen molar-refractivity contribution >= 4 is 5.97 Å². The molecule has 1 aliphatic carbocycles. The Hall–Kier alpha value is -2.78. The van der Waals surface area contributed by atoms with Crippen molar-refractivity contribution in [3.05, 3.63) is 68.1 Å². The molecule has 30 heavy (non-hydrogen) atoms. The van der Waals surface area contributed by atoms with E-state index in [2.05, 4.69) is 0 Å². The lowest BCUT2D eigenvalue weighted by atomic mass is 9.88. The molecule has 0 aliphatic heterocycles. The quantitative estimate of drug-likeness (QED) is 0.722. The first kappa shape index (κ1) is 21.9. The number of halogens is 6.